The van der Waals surface area contributed by atoms with Crippen molar-refractivity contribution in [3.63, 3.8) is 0 Å². The van der Waals surface area contributed by atoms with Gasteiger partial charge >= 0.3 is 29.8 Å². The highest BCUT2D eigenvalue weighted by atomic mass is 16.7. The lowest BCUT2D eigenvalue weighted by molar-refractivity contribution is -0.266. The normalized spacial score (nSPS) is 16.3. The molecule has 4 atom stereocenters. The number of carbonyl (C=O) groups excluding carboxylic acids is 5. The highest BCUT2D eigenvalue weighted by molar-refractivity contribution is 5.70. The maximum absolute atomic E-state index is 13.1. The third kappa shape index (κ3) is 46.7. The first-order chi connectivity index (χ1) is 40.7. The summed E-state index contributed by atoms with van der Waals surface area (Å²) in [5.74, 6) is 4.64. The molecule has 1 saturated heterocycles. The monoisotopic (exact) mass is 1190 g/mol. The van der Waals surface area contributed by atoms with Crippen molar-refractivity contribution >= 4 is 29.8 Å². The zero-order chi connectivity index (χ0) is 61.7. The van der Waals surface area contributed by atoms with Gasteiger partial charge in [-0.05, 0) is 90.1 Å². The molecule has 0 radical (unpaired) electrons. The predicted octanol–water partition coefficient (Wildman–Crippen LogP) is 15.7. The first-order valence-corrected chi connectivity index (χ1v) is 34.5. The highest BCUT2D eigenvalue weighted by Gasteiger charge is 2.44. The lowest BCUT2D eigenvalue weighted by Crippen LogP contribution is -2.54. The van der Waals surface area contributed by atoms with E-state index in [1.807, 2.05) is 0 Å². The minimum Gasteiger partial charge on any atom is -0.463 e. The summed E-state index contributed by atoms with van der Waals surface area (Å²) in [6, 6.07) is 0. The van der Waals surface area contributed by atoms with Crippen molar-refractivity contribution in [2.45, 2.75) is 355 Å². The van der Waals surface area contributed by atoms with Crippen LogP contribution in [0.3, 0.4) is 0 Å². The van der Waals surface area contributed by atoms with Crippen molar-refractivity contribution in [2.24, 2.45) is 11.6 Å². The summed E-state index contributed by atoms with van der Waals surface area (Å²) < 4.78 is 40.4. The zero-order valence-electron chi connectivity index (χ0n) is 54.9. The summed E-state index contributed by atoms with van der Waals surface area (Å²) in [6.45, 7) is 15.6. The second-order valence-corrected chi connectivity index (χ2v) is 24.3. The molecular weight excluding hydrogens is 1060 g/mol. The van der Waals surface area contributed by atoms with Crippen molar-refractivity contribution in [3.8, 4) is 0 Å². The molecule has 1 aliphatic rings. The van der Waals surface area contributed by atoms with Gasteiger partial charge in [-0.15, -0.1) is 0 Å². The van der Waals surface area contributed by atoms with Gasteiger partial charge in [0, 0.05) is 64.9 Å². The van der Waals surface area contributed by atoms with Crippen molar-refractivity contribution < 1.29 is 57.1 Å². The van der Waals surface area contributed by atoms with E-state index < -0.39 is 42.5 Å². The quantitative estimate of drug-likeness (QED) is 0.0191. The number of hydrazine groups is 1. The first kappa shape index (κ1) is 78.5. The molecule has 1 rings (SSSR count). The Bertz CT molecular complexity index is 1560. The maximum Gasteiger partial charge on any atom is 0.306 e. The van der Waals surface area contributed by atoms with Crippen LogP contribution in [0.15, 0.2) is 11.9 Å². The molecule has 0 amide bonds. The topological polar surface area (TPSA) is 208 Å². The third-order valence-electron chi connectivity index (χ3n) is 16.1. The van der Waals surface area contributed by atoms with Gasteiger partial charge in [-0.1, -0.05) is 195 Å². The lowest BCUT2D eigenvalue weighted by Gasteiger charge is -2.40. The predicted molar refractivity (Wildman–Crippen MR) is 338 cm³/mol. The standard InChI is InChI=1S/C68H128N4O12/c1-8-12-16-20-26-34-42-61(43-35-27-21-17-13-9-2)82-65(76)46-38-30-24-32-40-49-71(50-41-33-25-31-39-47-66(77)83-62(44-36-28-22-18-14-10-3)45-37-29-23-19-15-11-4)51-48-60(69)55-72(70)52-53-78-67-54-63(80-58(6)74)68(81-59(7)75)64(84-67)56-79-57(5)73/h55,61-64,67-68H,8-54,56,69-70H2,1-7H3/b60-55-/t63?,64?,67-,68-/m0/s1. The van der Waals surface area contributed by atoms with Crippen LogP contribution in [-0.2, 0) is 57.1 Å². The molecule has 1 aliphatic heterocycles. The summed E-state index contributed by atoms with van der Waals surface area (Å²) in [6.07, 6.45) is 43.9. The van der Waals surface area contributed by atoms with Gasteiger partial charge in [0.05, 0.1) is 13.2 Å². The van der Waals surface area contributed by atoms with Crippen LogP contribution in [0.25, 0.3) is 0 Å². The smallest absolute Gasteiger partial charge is 0.306 e. The van der Waals surface area contributed by atoms with Crippen LogP contribution >= 0.6 is 0 Å². The molecular formula is C68H128N4O12. The number of rotatable bonds is 58. The largest absolute Gasteiger partial charge is 0.463 e. The van der Waals surface area contributed by atoms with Crippen molar-refractivity contribution in [1.82, 2.24) is 9.91 Å². The average Bonchev–Trinajstić information content (AvgIpc) is 3.65. The minimum absolute atomic E-state index is 0.0296. The fourth-order valence-electron chi connectivity index (χ4n) is 11.2. The number of hydrogen-bond donors (Lipinski definition) is 2. The summed E-state index contributed by atoms with van der Waals surface area (Å²) in [7, 11) is 0. The van der Waals surface area contributed by atoms with Gasteiger partial charge in [-0.2, -0.15) is 0 Å². The molecule has 0 aromatic carbocycles. The zero-order valence-corrected chi connectivity index (χ0v) is 54.9. The van der Waals surface area contributed by atoms with E-state index in [0.29, 0.717) is 25.0 Å². The fraction of sp³-hybridized carbons (Fsp3) is 0.897. The Morgan fingerprint density at radius 1 is 0.488 bits per heavy atom. The van der Waals surface area contributed by atoms with E-state index in [-0.39, 0.29) is 50.3 Å². The summed E-state index contributed by atoms with van der Waals surface area (Å²) in [4.78, 5) is 64.2. The van der Waals surface area contributed by atoms with E-state index >= 15 is 0 Å². The van der Waals surface area contributed by atoms with Crippen molar-refractivity contribution in [3.05, 3.63) is 11.9 Å². The maximum atomic E-state index is 13.1. The van der Waals surface area contributed by atoms with E-state index in [1.54, 1.807) is 6.20 Å². The molecule has 16 nitrogen and oxygen atoms in total. The Balaban J connectivity index is 2.81. The molecule has 4 N–H and O–H groups in total. The molecule has 1 heterocycles. The van der Waals surface area contributed by atoms with Crippen LogP contribution in [0, 0.1) is 0 Å². The minimum atomic E-state index is -0.988. The van der Waals surface area contributed by atoms with Crippen LogP contribution in [0.4, 0.5) is 0 Å². The summed E-state index contributed by atoms with van der Waals surface area (Å²) in [5, 5.41) is 1.48. The lowest BCUT2D eigenvalue weighted by atomic mass is 10.0. The summed E-state index contributed by atoms with van der Waals surface area (Å²) in [5.41, 5.74) is 7.22. The van der Waals surface area contributed by atoms with E-state index in [1.165, 1.54) is 154 Å². The molecule has 1 fully saturated rings. The van der Waals surface area contributed by atoms with Crippen LogP contribution < -0.4 is 11.6 Å². The first-order valence-electron chi connectivity index (χ1n) is 34.5. The van der Waals surface area contributed by atoms with Crippen LogP contribution in [-0.4, -0.2) is 116 Å². The Morgan fingerprint density at radius 3 is 1.29 bits per heavy atom. The van der Waals surface area contributed by atoms with E-state index in [4.69, 9.17) is 44.7 Å². The molecule has 0 bridgehead atoms. The molecule has 0 saturated carbocycles. The molecule has 16 heteroatoms. The van der Waals surface area contributed by atoms with Gasteiger partial charge < -0.3 is 48.8 Å². The van der Waals surface area contributed by atoms with Gasteiger partial charge in [-0.25, -0.2) is 5.84 Å². The third-order valence-corrected chi connectivity index (χ3v) is 16.1. The van der Waals surface area contributed by atoms with Gasteiger partial charge in [0.25, 0.3) is 0 Å². The second kappa shape index (κ2) is 54.9. The number of unbranched alkanes of at least 4 members (excludes halogenated alkanes) is 28. The molecule has 84 heavy (non-hydrogen) atoms. The Kier molecular flexibility index (Phi) is 51.3. The Hall–Kier alpha value is -3.47. The molecule has 0 aromatic heterocycles. The number of hydrogen-bond acceptors (Lipinski definition) is 16. The molecule has 0 aromatic rings. The average molecular weight is 1190 g/mol. The molecule has 0 aliphatic carbocycles. The highest BCUT2D eigenvalue weighted by Crippen LogP contribution is 2.28. The van der Waals surface area contributed by atoms with E-state index in [9.17, 15) is 24.0 Å². The number of esters is 5. The van der Waals surface area contributed by atoms with Gasteiger partial charge in [0.2, 0.25) is 0 Å². The van der Waals surface area contributed by atoms with Gasteiger partial charge in [-0.3, -0.25) is 24.0 Å². The van der Waals surface area contributed by atoms with Crippen LogP contribution in [0.5, 0.6) is 0 Å². The molecule has 0 spiro atoms. The van der Waals surface area contributed by atoms with Crippen molar-refractivity contribution in [2.75, 3.05) is 39.4 Å². The summed E-state index contributed by atoms with van der Waals surface area (Å²) >= 11 is 0. The van der Waals surface area contributed by atoms with E-state index in [0.717, 1.165) is 135 Å². The van der Waals surface area contributed by atoms with Crippen LogP contribution in [0.2, 0.25) is 0 Å². The van der Waals surface area contributed by atoms with E-state index in [2.05, 4.69) is 32.6 Å². The van der Waals surface area contributed by atoms with Crippen LogP contribution in [0.1, 0.15) is 318 Å². The number of carbonyl (C=O) groups is 5. The van der Waals surface area contributed by atoms with Gasteiger partial charge in [0.1, 0.15) is 31.0 Å². The van der Waals surface area contributed by atoms with Gasteiger partial charge in [0.15, 0.2) is 12.4 Å². The number of nitrogens with two attached hydrogens (primary N) is 2. The number of nitrogens with zero attached hydrogens (tertiary/aromatic N) is 2. The molecule has 2 unspecified atom stereocenters. The number of ether oxygens (including phenoxy) is 7. The van der Waals surface area contributed by atoms with Crippen molar-refractivity contribution in [1.29, 1.82) is 0 Å². The molecule has 492 valence electrons. The Morgan fingerprint density at radius 2 is 0.881 bits per heavy atom. The fourth-order valence-corrected chi connectivity index (χ4v) is 11.2. The second-order valence-electron chi connectivity index (χ2n) is 24.3. The SMILES string of the molecule is CCCCCCCCC(CCCCCCCC)OC(=O)CCCCCCCN(CCCCCCCC(=O)OC(CCCCCCCC)CCCCCCCC)CC/C(N)=C/N(N)CCO[C@@H]1CC(OC(C)=O)[C@H](OC(C)=O)C(COC(C)=O)O1. The Labute approximate surface area is 512 Å².